The highest BCUT2D eigenvalue weighted by atomic mass is 32.1. The number of nitrogens with zero attached hydrogens (tertiary/aromatic N) is 2. The summed E-state index contributed by atoms with van der Waals surface area (Å²) in [5, 5.41) is 5.26. The molecule has 0 radical (unpaired) electrons. The van der Waals surface area contributed by atoms with Crippen molar-refractivity contribution in [2.24, 2.45) is 5.41 Å². The monoisotopic (exact) mass is 333 g/mol. The summed E-state index contributed by atoms with van der Waals surface area (Å²) in [6.07, 6.45) is 10.4. The van der Waals surface area contributed by atoms with Crippen LogP contribution in [0.25, 0.3) is 4.96 Å². The van der Waals surface area contributed by atoms with Crippen LogP contribution in [0.4, 0.5) is 0 Å². The standard InChI is InChI=1S/C17H23N3O2S/c1-2-22-14-10-13(17(14)5-3-4-6-17)19-15(21)9-12-11-20-7-8-23-16(20)18-12/h7-8,11,13-14H,2-6,9-10H2,1H3,(H,19,21)/t13-,14+/m1/s1. The van der Waals surface area contributed by atoms with Gasteiger partial charge in [0, 0.05) is 35.8 Å². The molecule has 2 aliphatic rings. The first-order chi connectivity index (χ1) is 11.2. The lowest BCUT2D eigenvalue weighted by molar-refractivity contribution is -0.143. The summed E-state index contributed by atoms with van der Waals surface area (Å²) in [5.41, 5.74) is 1.04. The third-order valence-corrected chi connectivity index (χ3v) is 6.28. The molecule has 6 heteroatoms. The van der Waals surface area contributed by atoms with E-state index in [1.807, 2.05) is 22.2 Å². The molecule has 124 valence electrons. The number of carbonyl (C=O) groups is 1. The van der Waals surface area contributed by atoms with Gasteiger partial charge in [-0.05, 0) is 26.2 Å². The average molecular weight is 333 g/mol. The Morgan fingerprint density at radius 1 is 1.52 bits per heavy atom. The van der Waals surface area contributed by atoms with Gasteiger partial charge in [0.05, 0.1) is 18.2 Å². The maximum atomic E-state index is 12.4. The second kappa shape index (κ2) is 5.91. The van der Waals surface area contributed by atoms with Gasteiger partial charge in [0.25, 0.3) is 0 Å². The third-order valence-electron chi connectivity index (χ3n) is 5.51. The minimum Gasteiger partial charge on any atom is -0.378 e. The predicted molar refractivity (Wildman–Crippen MR) is 89.6 cm³/mol. The molecule has 2 aliphatic carbocycles. The van der Waals surface area contributed by atoms with E-state index in [0.717, 1.165) is 23.7 Å². The van der Waals surface area contributed by atoms with Crippen molar-refractivity contribution in [3.63, 3.8) is 0 Å². The first-order valence-electron chi connectivity index (χ1n) is 8.53. The maximum Gasteiger partial charge on any atom is 0.226 e. The van der Waals surface area contributed by atoms with Crippen molar-refractivity contribution in [1.29, 1.82) is 0 Å². The van der Waals surface area contributed by atoms with Crippen molar-refractivity contribution in [2.45, 2.75) is 57.6 Å². The molecule has 1 spiro atoms. The Morgan fingerprint density at radius 3 is 3.09 bits per heavy atom. The molecule has 1 amide bonds. The number of nitrogens with one attached hydrogen (secondary N) is 1. The largest absolute Gasteiger partial charge is 0.378 e. The highest BCUT2D eigenvalue weighted by molar-refractivity contribution is 7.15. The lowest BCUT2D eigenvalue weighted by atomic mass is 9.60. The SMILES string of the molecule is CCO[C@H]1C[C@@H](NC(=O)Cc2cn3ccsc3n2)C12CCCC2. The smallest absolute Gasteiger partial charge is 0.226 e. The number of carbonyl (C=O) groups excluding carboxylic acids is 1. The lowest BCUT2D eigenvalue weighted by Gasteiger charge is -2.54. The summed E-state index contributed by atoms with van der Waals surface area (Å²) < 4.78 is 7.88. The van der Waals surface area contributed by atoms with Crippen molar-refractivity contribution in [3.8, 4) is 0 Å². The number of imidazole rings is 1. The van der Waals surface area contributed by atoms with Crippen LogP contribution in [0.1, 0.15) is 44.7 Å². The van der Waals surface area contributed by atoms with Crippen molar-refractivity contribution in [2.75, 3.05) is 6.61 Å². The Morgan fingerprint density at radius 2 is 2.35 bits per heavy atom. The van der Waals surface area contributed by atoms with E-state index < -0.39 is 0 Å². The Labute approximate surface area is 140 Å². The Balaban J connectivity index is 1.39. The quantitative estimate of drug-likeness (QED) is 0.915. The summed E-state index contributed by atoms with van der Waals surface area (Å²) in [4.78, 5) is 17.9. The molecule has 2 atom stereocenters. The van der Waals surface area contributed by atoms with E-state index >= 15 is 0 Å². The topological polar surface area (TPSA) is 55.6 Å². The van der Waals surface area contributed by atoms with E-state index in [1.54, 1.807) is 11.3 Å². The van der Waals surface area contributed by atoms with Crippen molar-refractivity contribution in [3.05, 3.63) is 23.5 Å². The average Bonchev–Trinajstić information content (AvgIpc) is 3.22. The van der Waals surface area contributed by atoms with E-state index in [2.05, 4.69) is 17.2 Å². The molecule has 1 N–H and O–H groups in total. The third kappa shape index (κ3) is 2.58. The predicted octanol–water partition coefficient (Wildman–Crippen LogP) is 2.79. The summed E-state index contributed by atoms with van der Waals surface area (Å²) in [6.45, 7) is 2.82. The van der Waals surface area contributed by atoms with Gasteiger partial charge in [-0.2, -0.15) is 0 Å². The van der Waals surface area contributed by atoms with Crippen LogP contribution < -0.4 is 5.32 Å². The van der Waals surface area contributed by atoms with Gasteiger partial charge in [-0.15, -0.1) is 11.3 Å². The van der Waals surface area contributed by atoms with Crippen LogP contribution in [-0.4, -0.2) is 34.0 Å². The zero-order valence-electron chi connectivity index (χ0n) is 13.5. The molecular weight excluding hydrogens is 310 g/mol. The number of rotatable bonds is 5. The zero-order valence-corrected chi connectivity index (χ0v) is 14.3. The molecule has 0 bridgehead atoms. The fourth-order valence-electron chi connectivity index (χ4n) is 4.36. The van der Waals surface area contributed by atoms with Gasteiger partial charge in [-0.1, -0.05) is 12.8 Å². The lowest BCUT2D eigenvalue weighted by Crippen LogP contribution is -2.63. The van der Waals surface area contributed by atoms with Gasteiger partial charge in [0.15, 0.2) is 4.96 Å². The number of fused-ring (bicyclic) bond motifs is 1. The summed E-state index contributed by atoms with van der Waals surface area (Å²) >= 11 is 1.59. The van der Waals surface area contributed by atoms with Gasteiger partial charge in [0.2, 0.25) is 5.91 Å². The van der Waals surface area contributed by atoms with Gasteiger partial charge < -0.3 is 10.1 Å². The minimum absolute atomic E-state index is 0.0852. The first-order valence-corrected chi connectivity index (χ1v) is 9.41. The molecule has 2 fully saturated rings. The number of thiazole rings is 1. The van der Waals surface area contributed by atoms with E-state index in [1.165, 1.54) is 25.7 Å². The Hall–Kier alpha value is -1.40. The molecule has 2 aromatic heterocycles. The van der Waals surface area contributed by atoms with Gasteiger partial charge >= 0.3 is 0 Å². The molecule has 0 saturated heterocycles. The van der Waals surface area contributed by atoms with E-state index in [0.29, 0.717) is 12.5 Å². The van der Waals surface area contributed by atoms with Crippen LogP contribution in [0, 0.1) is 5.41 Å². The Kier molecular flexibility index (Phi) is 3.89. The molecule has 4 rings (SSSR count). The number of ether oxygens (including phenoxy) is 1. The highest BCUT2D eigenvalue weighted by Gasteiger charge is 2.57. The van der Waals surface area contributed by atoms with Crippen LogP contribution in [-0.2, 0) is 16.0 Å². The molecule has 0 aromatic carbocycles. The zero-order chi connectivity index (χ0) is 15.9. The van der Waals surface area contributed by atoms with E-state index in [4.69, 9.17) is 4.74 Å². The van der Waals surface area contributed by atoms with E-state index in [-0.39, 0.29) is 17.4 Å². The van der Waals surface area contributed by atoms with Gasteiger partial charge in [0.1, 0.15) is 0 Å². The molecule has 2 aromatic rings. The Bertz CT molecular complexity index is 673. The summed E-state index contributed by atoms with van der Waals surface area (Å²) in [7, 11) is 0. The fraction of sp³-hybridized carbons (Fsp3) is 0.647. The highest BCUT2D eigenvalue weighted by Crippen LogP contribution is 2.54. The van der Waals surface area contributed by atoms with Crippen LogP contribution in [0.2, 0.25) is 0 Å². The van der Waals surface area contributed by atoms with Crippen molar-refractivity contribution in [1.82, 2.24) is 14.7 Å². The molecule has 0 aliphatic heterocycles. The minimum atomic E-state index is 0.0852. The molecule has 5 nitrogen and oxygen atoms in total. The normalized spacial score (nSPS) is 25.8. The number of hydrogen-bond donors (Lipinski definition) is 1. The molecule has 2 saturated carbocycles. The van der Waals surface area contributed by atoms with Crippen LogP contribution in [0.3, 0.4) is 0 Å². The number of amides is 1. The molecule has 23 heavy (non-hydrogen) atoms. The second-order valence-corrected chi connectivity index (χ2v) is 7.61. The van der Waals surface area contributed by atoms with Crippen LogP contribution in [0.5, 0.6) is 0 Å². The molecule has 0 unspecified atom stereocenters. The number of aromatic nitrogens is 2. The van der Waals surface area contributed by atoms with Gasteiger partial charge in [-0.25, -0.2) is 4.98 Å². The van der Waals surface area contributed by atoms with Gasteiger partial charge in [-0.3, -0.25) is 9.20 Å². The van der Waals surface area contributed by atoms with Crippen molar-refractivity contribution >= 4 is 22.2 Å². The summed E-state index contributed by atoms with van der Waals surface area (Å²) in [6, 6.07) is 0.276. The van der Waals surface area contributed by atoms with Crippen LogP contribution >= 0.6 is 11.3 Å². The van der Waals surface area contributed by atoms with Crippen molar-refractivity contribution < 1.29 is 9.53 Å². The second-order valence-electron chi connectivity index (χ2n) is 6.74. The first kappa shape index (κ1) is 15.1. The van der Waals surface area contributed by atoms with E-state index in [9.17, 15) is 4.79 Å². The fourth-order valence-corrected chi connectivity index (χ4v) is 5.08. The summed E-state index contributed by atoms with van der Waals surface area (Å²) in [5.74, 6) is 0.0852. The molecule has 2 heterocycles. The molecular formula is C17H23N3O2S. The number of hydrogen-bond acceptors (Lipinski definition) is 4. The van der Waals surface area contributed by atoms with Crippen LogP contribution in [0.15, 0.2) is 17.8 Å². The maximum absolute atomic E-state index is 12.4.